The number of nitrogens with zero attached hydrogens (tertiary/aromatic N) is 3. The van der Waals surface area contributed by atoms with E-state index in [2.05, 4.69) is 5.32 Å². The average Bonchev–Trinajstić information content (AvgIpc) is 3.47. The number of rotatable bonds is 5. The van der Waals surface area contributed by atoms with Crippen LogP contribution in [-0.4, -0.2) is 45.3 Å². The smallest absolute Gasteiger partial charge is 0.407 e. The molecule has 2 aromatic rings. The fraction of sp³-hybridized carbons (Fsp3) is 0.500. The van der Waals surface area contributed by atoms with Crippen molar-refractivity contribution in [2.24, 2.45) is 0 Å². The van der Waals surface area contributed by atoms with Crippen LogP contribution in [0.3, 0.4) is 0 Å². The minimum absolute atomic E-state index is 0.116. The zero-order chi connectivity index (χ0) is 25.7. The highest BCUT2D eigenvalue weighted by atomic mass is 19.1. The molecule has 2 N–H and O–H groups in total. The van der Waals surface area contributed by atoms with E-state index in [-0.39, 0.29) is 17.5 Å². The van der Waals surface area contributed by atoms with Crippen LogP contribution in [0.4, 0.5) is 14.9 Å². The summed E-state index contributed by atoms with van der Waals surface area (Å²) < 4.78 is 21.9. The van der Waals surface area contributed by atoms with Crippen LogP contribution >= 0.6 is 0 Å². The van der Waals surface area contributed by atoms with E-state index in [1.165, 1.54) is 6.07 Å². The number of amides is 1. The van der Waals surface area contributed by atoms with E-state index in [0.29, 0.717) is 42.5 Å². The second kappa shape index (κ2) is 8.86. The molecule has 11 heteroatoms. The molecule has 1 atom stereocenters. The molecule has 2 aromatic heterocycles. The Morgan fingerprint density at radius 3 is 2.63 bits per heavy atom. The topological polar surface area (TPSA) is 126 Å². The van der Waals surface area contributed by atoms with Gasteiger partial charge in [0, 0.05) is 13.1 Å². The van der Waals surface area contributed by atoms with E-state index < -0.39 is 33.8 Å². The van der Waals surface area contributed by atoms with E-state index in [9.17, 15) is 24.8 Å². The molecule has 0 spiro atoms. The molecule has 1 saturated heterocycles. The van der Waals surface area contributed by atoms with E-state index in [1.54, 1.807) is 27.7 Å². The number of hydrogen-bond acceptors (Lipinski definition) is 7. The summed E-state index contributed by atoms with van der Waals surface area (Å²) in [4.78, 5) is 37.0. The fourth-order valence-electron chi connectivity index (χ4n) is 4.64. The summed E-state index contributed by atoms with van der Waals surface area (Å²) in [5.41, 5.74) is 0.580. The zero-order valence-electron chi connectivity index (χ0n) is 20.1. The number of fused-ring (bicyclic) bond motifs is 1. The molecule has 1 aliphatic carbocycles. The summed E-state index contributed by atoms with van der Waals surface area (Å²) in [6, 6.07) is 1.26. The Hall–Kier alpha value is -3.63. The van der Waals surface area contributed by atoms with Crippen molar-refractivity contribution >= 4 is 23.1 Å². The highest BCUT2D eigenvalue weighted by Crippen LogP contribution is 2.44. The van der Waals surface area contributed by atoms with Gasteiger partial charge in [0.05, 0.1) is 33.9 Å². The Kier molecular flexibility index (Phi) is 6.20. The number of nitrogens with one attached hydrogen (secondary N) is 1. The van der Waals surface area contributed by atoms with Crippen molar-refractivity contribution in [2.45, 2.75) is 64.5 Å². The van der Waals surface area contributed by atoms with Crippen molar-refractivity contribution < 1.29 is 24.0 Å². The van der Waals surface area contributed by atoms with Crippen LogP contribution in [-0.2, 0) is 4.74 Å². The lowest BCUT2D eigenvalue weighted by Gasteiger charge is -2.25. The maximum absolute atomic E-state index is 15.4. The van der Waals surface area contributed by atoms with E-state index in [0.717, 1.165) is 29.0 Å². The molecule has 188 valence electrons. The number of ether oxygens (including phenoxy) is 1. The van der Waals surface area contributed by atoms with Gasteiger partial charge in [-0.3, -0.25) is 19.3 Å². The molecule has 2 aliphatic rings. The van der Waals surface area contributed by atoms with Gasteiger partial charge in [-0.2, -0.15) is 0 Å². The number of nitro groups is 1. The molecule has 35 heavy (non-hydrogen) atoms. The first-order valence-corrected chi connectivity index (χ1v) is 11.5. The molecule has 1 amide bonds. The number of alkyl carbamates (subject to hydrolysis) is 1. The molecule has 0 bridgehead atoms. The van der Waals surface area contributed by atoms with E-state index in [4.69, 9.17) is 4.74 Å². The second-order valence-corrected chi connectivity index (χ2v) is 10.1. The molecule has 0 radical (unpaired) electrons. The number of carbonyl (C=O) groups is 1. The zero-order valence-corrected chi connectivity index (χ0v) is 20.1. The largest absolute Gasteiger partial charge is 0.502 e. The van der Waals surface area contributed by atoms with Gasteiger partial charge < -0.3 is 20.1 Å². The lowest BCUT2D eigenvalue weighted by molar-refractivity contribution is -0.402. The highest BCUT2D eigenvalue weighted by Gasteiger charge is 2.33. The van der Waals surface area contributed by atoms with Gasteiger partial charge in [0.1, 0.15) is 5.60 Å². The quantitative estimate of drug-likeness (QED) is 0.372. The predicted molar refractivity (Wildman–Crippen MR) is 128 cm³/mol. The van der Waals surface area contributed by atoms with Crippen LogP contribution in [0.15, 0.2) is 23.3 Å². The number of aliphatic hydroxyl groups excluding tert-OH is 1. The van der Waals surface area contributed by atoms with E-state index >= 15 is 4.39 Å². The van der Waals surface area contributed by atoms with Crippen LogP contribution < -0.4 is 15.8 Å². The molecule has 1 aliphatic heterocycles. The number of pyridine rings is 2. The van der Waals surface area contributed by atoms with Crippen molar-refractivity contribution in [2.75, 3.05) is 18.0 Å². The molecule has 3 heterocycles. The maximum atomic E-state index is 15.4. The number of aliphatic hydroxyl groups is 1. The summed E-state index contributed by atoms with van der Waals surface area (Å²) in [5, 5.41) is 23.8. The first kappa shape index (κ1) is 24.5. The van der Waals surface area contributed by atoms with Gasteiger partial charge in [-0.15, -0.1) is 0 Å². The minimum atomic E-state index is -0.843. The van der Waals surface area contributed by atoms with Crippen LogP contribution in [0.5, 0.6) is 0 Å². The number of aryl methyl sites for hydroxylation is 1. The Morgan fingerprint density at radius 2 is 2.03 bits per heavy atom. The molecule has 2 fully saturated rings. The Balaban J connectivity index is 1.72. The SMILES string of the molecule is Cc1c(N2CCC(NC(=O)OC(C)(C)C)C2)c(F)cn2c(=O)c(/C(O)=C/[N+](=O)[O-])cc(C3CC3)c12. The van der Waals surface area contributed by atoms with Gasteiger partial charge >= 0.3 is 6.09 Å². The van der Waals surface area contributed by atoms with Gasteiger partial charge in [-0.05, 0) is 70.1 Å². The van der Waals surface area contributed by atoms with Crippen molar-refractivity contribution in [1.29, 1.82) is 0 Å². The summed E-state index contributed by atoms with van der Waals surface area (Å²) in [6.45, 7) is 7.94. The van der Waals surface area contributed by atoms with Gasteiger partial charge in [0.25, 0.3) is 11.8 Å². The van der Waals surface area contributed by atoms with Crippen molar-refractivity contribution in [1.82, 2.24) is 9.72 Å². The van der Waals surface area contributed by atoms with E-state index in [1.807, 2.05) is 4.90 Å². The lowest BCUT2D eigenvalue weighted by Crippen LogP contribution is -2.40. The standard InChI is InChI=1S/C24H29FN4O6/c1-13-20-16(14-5-6-14)9-17(19(30)12-29(33)34)22(31)28(20)11-18(25)21(13)27-8-7-15(10-27)26-23(32)35-24(2,3)4/h9,11-12,14-15,30H,5-8,10H2,1-4H3,(H,26,32)/b19-12-. The van der Waals surface area contributed by atoms with Crippen LogP contribution in [0, 0.1) is 22.9 Å². The summed E-state index contributed by atoms with van der Waals surface area (Å²) in [7, 11) is 0. The highest BCUT2D eigenvalue weighted by molar-refractivity contribution is 5.75. The third-order valence-corrected chi connectivity index (χ3v) is 6.19. The molecule has 4 rings (SSSR count). The van der Waals surface area contributed by atoms with Crippen LogP contribution in [0.25, 0.3) is 11.3 Å². The molecule has 10 nitrogen and oxygen atoms in total. The minimum Gasteiger partial charge on any atom is -0.502 e. The Bertz CT molecular complexity index is 1290. The van der Waals surface area contributed by atoms with Crippen LogP contribution in [0.1, 0.15) is 62.6 Å². The third-order valence-electron chi connectivity index (χ3n) is 6.19. The first-order valence-electron chi connectivity index (χ1n) is 11.5. The van der Waals surface area contributed by atoms with Crippen molar-refractivity contribution in [3.63, 3.8) is 0 Å². The predicted octanol–water partition coefficient (Wildman–Crippen LogP) is 3.86. The van der Waals surface area contributed by atoms with Crippen molar-refractivity contribution in [3.05, 3.63) is 61.4 Å². The first-order chi connectivity index (χ1) is 16.4. The monoisotopic (exact) mass is 488 g/mol. The maximum Gasteiger partial charge on any atom is 0.407 e. The Morgan fingerprint density at radius 1 is 1.34 bits per heavy atom. The fourth-order valence-corrected chi connectivity index (χ4v) is 4.64. The van der Waals surface area contributed by atoms with Gasteiger partial charge in [-0.25, -0.2) is 9.18 Å². The van der Waals surface area contributed by atoms with Crippen LogP contribution in [0.2, 0.25) is 0 Å². The number of hydrogen-bond donors (Lipinski definition) is 2. The normalized spacial score (nSPS) is 18.7. The second-order valence-electron chi connectivity index (χ2n) is 10.1. The van der Waals surface area contributed by atoms with Crippen molar-refractivity contribution in [3.8, 4) is 0 Å². The molecule has 0 aromatic carbocycles. The summed E-state index contributed by atoms with van der Waals surface area (Å²) in [5.74, 6) is -1.29. The molecule has 1 saturated carbocycles. The number of aromatic nitrogens is 1. The van der Waals surface area contributed by atoms with Gasteiger partial charge in [0.15, 0.2) is 11.6 Å². The summed E-state index contributed by atoms with van der Waals surface area (Å²) in [6.07, 6.45) is 3.24. The van der Waals surface area contributed by atoms with Gasteiger partial charge in [-0.1, -0.05) is 0 Å². The number of halogens is 1. The number of anilines is 1. The molecule has 1 unspecified atom stereocenters. The number of carbonyl (C=O) groups excluding carboxylic acids is 1. The molecular weight excluding hydrogens is 459 g/mol. The lowest BCUT2D eigenvalue weighted by atomic mass is 10.0. The third kappa shape index (κ3) is 5.08. The average molecular weight is 489 g/mol. The van der Waals surface area contributed by atoms with Gasteiger partial charge in [0.2, 0.25) is 0 Å². The molecular formula is C24H29FN4O6. The summed E-state index contributed by atoms with van der Waals surface area (Å²) >= 11 is 0. The Labute approximate surface area is 201 Å².